The van der Waals surface area contributed by atoms with Crippen molar-refractivity contribution < 1.29 is 19.0 Å². The highest BCUT2D eigenvalue weighted by Gasteiger charge is 2.23. The zero-order valence-electron chi connectivity index (χ0n) is 23.7. The number of hydrogen-bond acceptors (Lipinski definition) is 7. The molecule has 1 amide bonds. The Morgan fingerprint density at radius 2 is 1.51 bits per heavy atom. The molecule has 8 nitrogen and oxygen atoms in total. The van der Waals surface area contributed by atoms with Crippen LogP contribution in [-0.2, 0) is 16.8 Å². The van der Waals surface area contributed by atoms with Crippen LogP contribution in [0, 0.1) is 0 Å². The van der Waals surface area contributed by atoms with Gasteiger partial charge in [-0.25, -0.2) is 14.8 Å². The molecule has 1 aliphatic heterocycles. The second kappa shape index (κ2) is 12.4. The normalized spacial score (nSPS) is 13.4. The summed E-state index contributed by atoms with van der Waals surface area (Å²) in [5, 5.41) is 2.75. The lowest BCUT2D eigenvalue weighted by Crippen LogP contribution is -2.38. The number of amides is 1. The van der Waals surface area contributed by atoms with E-state index in [1.165, 1.54) is 17.5 Å². The molecule has 0 aliphatic carbocycles. The van der Waals surface area contributed by atoms with Gasteiger partial charge in [0.15, 0.2) is 0 Å². The number of nitrogens with one attached hydrogen (secondary N) is 1. The first kappa shape index (κ1) is 28.2. The first-order valence-corrected chi connectivity index (χ1v) is 13.6. The highest BCUT2D eigenvalue weighted by molar-refractivity contribution is 5.67. The van der Waals surface area contributed by atoms with E-state index in [1.54, 1.807) is 6.20 Å². The van der Waals surface area contributed by atoms with Crippen molar-refractivity contribution in [3.8, 4) is 11.5 Å². The fourth-order valence-corrected chi connectivity index (χ4v) is 4.16. The highest BCUT2D eigenvalue weighted by Crippen LogP contribution is 2.33. The molecule has 1 aromatic heterocycles. The summed E-state index contributed by atoms with van der Waals surface area (Å²) in [6.45, 7) is 13.4. The van der Waals surface area contributed by atoms with Crippen LogP contribution in [0.2, 0.25) is 0 Å². The number of ether oxygens (including phenoxy) is 3. The molecular formula is C31H40N4O4. The number of hydrogen-bond donors (Lipinski definition) is 1. The molecule has 8 heteroatoms. The van der Waals surface area contributed by atoms with E-state index in [9.17, 15) is 4.79 Å². The lowest BCUT2D eigenvalue weighted by molar-refractivity contribution is 0.0525. The van der Waals surface area contributed by atoms with E-state index in [-0.39, 0.29) is 5.41 Å². The Morgan fingerprint density at radius 1 is 0.897 bits per heavy atom. The van der Waals surface area contributed by atoms with Gasteiger partial charge in [-0.05, 0) is 75.1 Å². The molecule has 1 fully saturated rings. The van der Waals surface area contributed by atoms with Crippen LogP contribution >= 0.6 is 0 Å². The van der Waals surface area contributed by atoms with Crippen molar-refractivity contribution in [2.45, 2.75) is 65.1 Å². The van der Waals surface area contributed by atoms with Crippen LogP contribution in [0.15, 0.2) is 60.8 Å². The SMILES string of the molecule is CC(C)(C)OC(=O)NCCCOc1ccc(C(C)(C)c2ccc(OCc3ccnc(N4CCC4)n3)cc2)cc1. The number of nitrogens with zero attached hydrogens (tertiary/aromatic N) is 3. The molecular weight excluding hydrogens is 492 g/mol. The average molecular weight is 533 g/mol. The van der Waals surface area contributed by atoms with Crippen LogP contribution in [0.4, 0.5) is 10.7 Å². The predicted molar refractivity (Wildman–Crippen MR) is 153 cm³/mol. The third-order valence-corrected chi connectivity index (χ3v) is 6.64. The molecule has 2 heterocycles. The lowest BCUT2D eigenvalue weighted by atomic mass is 9.78. The summed E-state index contributed by atoms with van der Waals surface area (Å²) in [7, 11) is 0. The number of aromatic nitrogens is 2. The predicted octanol–water partition coefficient (Wildman–Crippen LogP) is 5.89. The summed E-state index contributed by atoms with van der Waals surface area (Å²) in [5.74, 6) is 2.40. The van der Waals surface area contributed by atoms with Crippen LogP contribution in [0.3, 0.4) is 0 Å². The van der Waals surface area contributed by atoms with Gasteiger partial charge in [0.25, 0.3) is 0 Å². The fraction of sp³-hybridized carbons (Fsp3) is 0.452. The number of rotatable bonds is 11. The number of carbonyl (C=O) groups excluding carboxylic acids is 1. The number of alkyl carbamates (subject to hydrolysis) is 1. The van der Waals surface area contributed by atoms with Gasteiger partial charge in [-0.3, -0.25) is 0 Å². The Bertz CT molecular complexity index is 1220. The Kier molecular flexibility index (Phi) is 8.94. The second-order valence-electron chi connectivity index (χ2n) is 11.3. The molecule has 1 N–H and O–H groups in total. The monoisotopic (exact) mass is 532 g/mol. The Balaban J connectivity index is 1.24. The quantitative estimate of drug-likeness (QED) is 0.308. The molecule has 4 rings (SSSR count). The maximum absolute atomic E-state index is 11.7. The van der Waals surface area contributed by atoms with Crippen LogP contribution in [0.5, 0.6) is 11.5 Å². The Labute approximate surface area is 231 Å². The summed E-state index contributed by atoms with van der Waals surface area (Å²) in [5.41, 5.74) is 2.57. The van der Waals surface area contributed by atoms with E-state index in [1.807, 2.05) is 51.1 Å². The molecule has 39 heavy (non-hydrogen) atoms. The topological polar surface area (TPSA) is 85.8 Å². The fourth-order valence-electron chi connectivity index (χ4n) is 4.16. The van der Waals surface area contributed by atoms with E-state index in [4.69, 9.17) is 14.2 Å². The van der Waals surface area contributed by atoms with Gasteiger partial charge in [0, 0.05) is 31.2 Å². The summed E-state index contributed by atoms with van der Waals surface area (Å²) in [6, 6.07) is 18.3. The van der Waals surface area contributed by atoms with Crippen molar-refractivity contribution in [1.82, 2.24) is 15.3 Å². The molecule has 1 saturated heterocycles. The number of carbonyl (C=O) groups is 1. The molecule has 0 atom stereocenters. The smallest absolute Gasteiger partial charge is 0.407 e. The van der Waals surface area contributed by atoms with Crippen molar-refractivity contribution >= 4 is 12.0 Å². The number of anilines is 1. The van der Waals surface area contributed by atoms with E-state index in [0.29, 0.717) is 26.2 Å². The van der Waals surface area contributed by atoms with E-state index in [0.717, 1.165) is 36.2 Å². The third kappa shape index (κ3) is 8.09. The molecule has 1 aliphatic rings. The first-order chi connectivity index (χ1) is 18.6. The van der Waals surface area contributed by atoms with Crippen LogP contribution < -0.4 is 19.7 Å². The van der Waals surface area contributed by atoms with E-state index in [2.05, 4.69) is 58.3 Å². The maximum Gasteiger partial charge on any atom is 0.407 e. The zero-order chi connectivity index (χ0) is 27.9. The molecule has 208 valence electrons. The van der Waals surface area contributed by atoms with Gasteiger partial charge in [-0.1, -0.05) is 38.1 Å². The molecule has 2 aromatic carbocycles. The Hall–Kier alpha value is -3.81. The summed E-state index contributed by atoms with van der Waals surface area (Å²) in [4.78, 5) is 22.9. The van der Waals surface area contributed by atoms with Gasteiger partial charge in [-0.15, -0.1) is 0 Å². The zero-order valence-corrected chi connectivity index (χ0v) is 23.7. The van der Waals surface area contributed by atoms with Gasteiger partial charge in [0.05, 0.1) is 12.3 Å². The van der Waals surface area contributed by atoms with Gasteiger partial charge in [0.1, 0.15) is 23.7 Å². The van der Waals surface area contributed by atoms with Crippen molar-refractivity contribution in [1.29, 1.82) is 0 Å². The second-order valence-corrected chi connectivity index (χ2v) is 11.3. The van der Waals surface area contributed by atoms with Crippen molar-refractivity contribution in [2.24, 2.45) is 0 Å². The van der Waals surface area contributed by atoms with E-state index < -0.39 is 11.7 Å². The molecule has 0 radical (unpaired) electrons. The van der Waals surface area contributed by atoms with Crippen LogP contribution in [-0.4, -0.2) is 47.9 Å². The molecule has 3 aromatic rings. The van der Waals surface area contributed by atoms with E-state index >= 15 is 0 Å². The lowest BCUT2D eigenvalue weighted by Gasteiger charge is -2.30. The standard InChI is InChI=1S/C31H40N4O4/c1-30(2,3)39-29(36)33-17-6-21-37-26-12-8-23(9-13-26)31(4,5)24-10-14-27(15-11-24)38-22-25-16-18-32-28(34-25)35-19-7-20-35/h8-16,18H,6-7,17,19-22H2,1-5H3,(H,33,36). The average Bonchev–Trinajstić information content (AvgIpc) is 2.86. The summed E-state index contributed by atoms with van der Waals surface area (Å²) >= 11 is 0. The van der Waals surface area contributed by atoms with Gasteiger partial charge >= 0.3 is 6.09 Å². The summed E-state index contributed by atoms with van der Waals surface area (Å²) in [6.07, 6.45) is 3.28. The largest absolute Gasteiger partial charge is 0.494 e. The van der Waals surface area contributed by atoms with Crippen molar-refractivity contribution in [2.75, 3.05) is 31.1 Å². The minimum Gasteiger partial charge on any atom is -0.494 e. The minimum absolute atomic E-state index is 0.187. The minimum atomic E-state index is -0.498. The molecule has 0 spiro atoms. The Morgan fingerprint density at radius 3 is 2.08 bits per heavy atom. The maximum atomic E-state index is 11.7. The first-order valence-electron chi connectivity index (χ1n) is 13.6. The van der Waals surface area contributed by atoms with Gasteiger partial charge in [0.2, 0.25) is 5.95 Å². The van der Waals surface area contributed by atoms with Crippen molar-refractivity contribution in [3.63, 3.8) is 0 Å². The van der Waals surface area contributed by atoms with Gasteiger partial charge < -0.3 is 24.4 Å². The van der Waals surface area contributed by atoms with Crippen molar-refractivity contribution in [3.05, 3.63) is 77.6 Å². The molecule has 0 bridgehead atoms. The molecule has 0 saturated carbocycles. The number of benzene rings is 2. The van der Waals surface area contributed by atoms with Gasteiger partial charge in [-0.2, -0.15) is 0 Å². The summed E-state index contributed by atoms with van der Waals surface area (Å²) < 4.78 is 17.1. The third-order valence-electron chi connectivity index (χ3n) is 6.64. The molecule has 0 unspecified atom stereocenters. The highest BCUT2D eigenvalue weighted by atomic mass is 16.6. The van der Waals surface area contributed by atoms with Crippen LogP contribution in [0.1, 0.15) is 64.3 Å². The van der Waals surface area contributed by atoms with Crippen LogP contribution in [0.25, 0.3) is 0 Å².